The van der Waals surface area contributed by atoms with Crippen LogP contribution in [-0.2, 0) is 4.79 Å². The van der Waals surface area contributed by atoms with Gasteiger partial charge < -0.3 is 11.1 Å². The zero-order valence-electron chi connectivity index (χ0n) is 7.76. The van der Waals surface area contributed by atoms with Gasteiger partial charge in [-0.05, 0) is 13.8 Å². The number of hydrogen-bond acceptors (Lipinski definition) is 3. The number of nitrogens with zero attached hydrogens (tertiary/aromatic N) is 1. The summed E-state index contributed by atoms with van der Waals surface area (Å²) in [5.41, 5.74) is 5.71. The van der Waals surface area contributed by atoms with E-state index in [1.807, 2.05) is 18.7 Å². The third-order valence-electron chi connectivity index (χ3n) is 1.91. The summed E-state index contributed by atoms with van der Waals surface area (Å²) in [6.07, 6.45) is 0. The van der Waals surface area contributed by atoms with Gasteiger partial charge in [0.25, 0.3) is 0 Å². The molecule has 1 rings (SSSR count). The van der Waals surface area contributed by atoms with Crippen LogP contribution in [-0.4, -0.2) is 42.5 Å². The number of nitrogens with one attached hydrogen (secondary N) is 1. The summed E-state index contributed by atoms with van der Waals surface area (Å²) >= 11 is 0. The Kier molecular flexibility index (Phi) is 2.69. The third-order valence-corrected chi connectivity index (χ3v) is 1.91. The molecular formula is C8H17N3O. The molecule has 0 aliphatic carbocycles. The fourth-order valence-electron chi connectivity index (χ4n) is 1.54. The molecule has 0 bridgehead atoms. The second-order valence-electron chi connectivity index (χ2n) is 3.75. The first-order chi connectivity index (χ1) is 5.53. The first kappa shape index (κ1) is 9.48. The molecule has 1 aliphatic rings. The van der Waals surface area contributed by atoms with Gasteiger partial charge in [-0.3, -0.25) is 9.69 Å². The smallest absolute Gasteiger partial charge is 0.234 e. The Bertz CT molecular complexity index is 171. The van der Waals surface area contributed by atoms with E-state index in [0.29, 0.717) is 13.1 Å². The molecule has 0 aromatic heterocycles. The molecule has 0 radical (unpaired) electrons. The number of nitrogens with two attached hydrogens (primary N) is 1. The molecule has 70 valence electrons. The highest BCUT2D eigenvalue weighted by Crippen LogP contribution is 2.15. The molecular weight excluding hydrogens is 154 g/mol. The highest BCUT2D eigenvalue weighted by atomic mass is 16.2. The maximum Gasteiger partial charge on any atom is 0.234 e. The van der Waals surface area contributed by atoms with E-state index in [0.717, 1.165) is 13.1 Å². The van der Waals surface area contributed by atoms with Crippen molar-refractivity contribution in [3.05, 3.63) is 0 Å². The van der Waals surface area contributed by atoms with E-state index in [2.05, 4.69) is 5.32 Å². The van der Waals surface area contributed by atoms with Crippen LogP contribution in [0.4, 0.5) is 0 Å². The Hall–Kier alpha value is -0.610. The number of carbonyl (C=O) groups excluding carboxylic acids is 1. The second kappa shape index (κ2) is 3.41. The number of likely N-dealkylation sites (N-methyl/N-ethyl adjacent to an activating group) is 1. The first-order valence-electron chi connectivity index (χ1n) is 4.31. The van der Waals surface area contributed by atoms with Crippen LogP contribution in [0.3, 0.4) is 0 Å². The van der Waals surface area contributed by atoms with E-state index in [4.69, 9.17) is 5.73 Å². The molecule has 1 amide bonds. The average molecular weight is 171 g/mol. The van der Waals surface area contributed by atoms with Crippen molar-refractivity contribution in [3.63, 3.8) is 0 Å². The Morgan fingerprint density at radius 2 is 2.25 bits per heavy atom. The number of hydrogen-bond donors (Lipinski definition) is 2. The fourth-order valence-corrected chi connectivity index (χ4v) is 1.54. The van der Waals surface area contributed by atoms with E-state index in [-0.39, 0.29) is 11.4 Å². The summed E-state index contributed by atoms with van der Waals surface area (Å²) in [4.78, 5) is 13.1. The molecule has 4 nitrogen and oxygen atoms in total. The van der Waals surface area contributed by atoms with Crippen molar-refractivity contribution < 1.29 is 4.79 Å². The van der Waals surface area contributed by atoms with E-state index in [1.165, 1.54) is 0 Å². The molecule has 0 atom stereocenters. The maximum absolute atomic E-state index is 11.1. The van der Waals surface area contributed by atoms with Crippen LogP contribution in [0.15, 0.2) is 0 Å². The monoisotopic (exact) mass is 171 g/mol. The van der Waals surface area contributed by atoms with Gasteiger partial charge in [0.15, 0.2) is 0 Å². The summed E-state index contributed by atoms with van der Waals surface area (Å²) in [6, 6.07) is 0. The van der Waals surface area contributed by atoms with Crippen LogP contribution in [0.25, 0.3) is 0 Å². The lowest BCUT2D eigenvalue weighted by atomic mass is 9.94. The lowest BCUT2D eigenvalue weighted by Gasteiger charge is -2.44. The molecule has 1 saturated heterocycles. The minimum absolute atomic E-state index is 0.0769. The van der Waals surface area contributed by atoms with E-state index >= 15 is 0 Å². The Morgan fingerprint density at radius 3 is 2.67 bits per heavy atom. The van der Waals surface area contributed by atoms with E-state index in [1.54, 1.807) is 0 Å². The van der Waals surface area contributed by atoms with Crippen molar-refractivity contribution >= 4 is 5.91 Å². The average Bonchev–Trinajstić information content (AvgIpc) is 1.83. The standard InChI is InChI=1S/C8H17N3O/c1-3-10-7(12)4-11-5-8(2,9)6-11/h3-6,9H2,1-2H3,(H,10,12). The molecule has 12 heavy (non-hydrogen) atoms. The van der Waals surface area contributed by atoms with Gasteiger partial charge in [-0.2, -0.15) is 0 Å². The van der Waals surface area contributed by atoms with Crippen molar-refractivity contribution in [1.29, 1.82) is 0 Å². The summed E-state index contributed by atoms with van der Waals surface area (Å²) in [6.45, 7) is 6.75. The Morgan fingerprint density at radius 1 is 1.67 bits per heavy atom. The minimum atomic E-state index is -0.0769. The van der Waals surface area contributed by atoms with E-state index in [9.17, 15) is 4.79 Å². The van der Waals surface area contributed by atoms with Crippen LogP contribution in [0.2, 0.25) is 0 Å². The molecule has 1 fully saturated rings. The zero-order valence-corrected chi connectivity index (χ0v) is 7.76. The van der Waals surface area contributed by atoms with Crippen LogP contribution in [0, 0.1) is 0 Å². The van der Waals surface area contributed by atoms with Crippen LogP contribution in [0.5, 0.6) is 0 Å². The number of carbonyl (C=O) groups is 1. The lowest BCUT2D eigenvalue weighted by molar-refractivity contribution is -0.123. The normalized spacial score (nSPS) is 21.6. The second-order valence-corrected chi connectivity index (χ2v) is 3.75. The molecule has 4 heteroatoms. The highest BCUT2D eigenvalue weighted by Gasteiger charge is 2.35. The molecule has 3 N–H and O–H groups in total. The van der Waals surface area contributed by atoms with Crippen LogP contribution in [0.1, 0.15) is 13.8 Å². The molecule has 0 aromatic carbocycles. The molecule has 1 aliphatic heterocycles. The number of amides is 1. The molecule has 1 heterocycles. The minimum Gasteiger partial charge on any atom is -0.355 e. The van der Waals surface area contributed by atoms with Gasteiger partial charge in [0.1, 0.15) is 0 Å². The Balaban J connectivity index is 2.14. The van der Waals surface area contributed by atoms with Gasteiger partial charge in [0.05, 0.1) is 6.54 Å². The summed E-state index contributed by atoms with van der Waals surface area (Å²) < 4.78 is 0. The molecule has 0 aromatic rings. The summed E-state index contributed by atoms with van der Waals surface area (Å²) in [7, 11) is 0. The van der Waals surface area contributed by atoms with Crippen molar-refractivity contribution in [2.75, 3.05) is 26.2 Å². The van der Waals surface area contributed by atoms with Crippen LogP contribution < -0.4 is 11.1 Å². The Labute approximate surface area is 73.1 Å². The number of likely N-dealkylation sites (tertiary alicyclic amines) is 1. The molecule has 0 unspecified atom stereocenters. The largest absolute Gasteiger partial charge is 0.355 e. The quantitative estimate of drug-likeness (QED) is 0.582. The first-order valence-corrected chi connectivity index (χ1v) is 4.31. The topological polar surface area (TPSA) is 58.4 Å². The van der Waals surface area contributed by atoms with Gasteiger partial charge in [0.2, 0.25) is 5.91 Å². The molecule has 0 spiro atoms. The van der Waals surface area contributed by atoms with Crippen molar-refractivity contribution in [2.45, 2.75) is 19.4 Å². The van der Waals surface area contributed by atoms with Gasteiger partial charge in [0, 0.05) is 25.2 Å². The predicted molar refractivity (Wildman–Crippen MR) is 47.7 cm³/mol. The lowest BCUT2D eigenvalue weighted by Crippen LogP contribution is -2.66. The molecule has 0 saturated carbocycles. The van der Waals surface area contributed by atoms with Gasteiger partial charge >= 0.3 is 0 Å². The van der Waals surface area contributed by atoms with Crippen molar-refractivity contribution in [1.82, 2.24) is 10.2 Å². The van der Waals surface area contributed by atoms with Crippen molar-refractivity contribution in [2.24, 2.45) is 5.73 Å². The maximum atomic E-state index is 11.1. The summed E-state index contributed by atoms with van der Waals surface area (Å²) in [5.74, 6) is 0.0907. The third kappa shape index (κ3) is 2.46. The number of rotatable bonds is 3. The fraction of sp³-hybridized carbons (Fsp3) is 0.875. The van der Waals surface area contributed by atoms with Crippen molar-refractivity contribution in [3.8, 4) is 0 Å². The van der Waals surface area contributed by atoms with Gasteiger partial charge in [-0.1, -0.05) is 0 Å². The van der Waals surface area contributed by atoms with Crippen LogP contribution >= 0.6 is 0 Å². The van der Waals surface area contributed by atoms with Gasteiger partial charge in [-0.25, -0.2) is 0 Å². The predicted octanol–water partition coefficient (Wildman–Crippen LogP) is -0.844. The zero-order chi connectivity index (χ0) is 9.19. The highest BCUT2D eigenvalue weighted by molar-refractivity contribution is 5.78. The van der Waals surface area contributed by atoms with E-state index < -0.39 is 0 Å². The summed E-state index contributed by atoms with van der Waals surface area (Å²) in [5, 5.41) is 2.75. The SMILES string of the molecule is CCNC(=O)CN1CC(C)(N)C1. The van der Waals surface area contributed by atoms with Gasteiger partial charge in [-0.15, -0.1) is 0 Å².